The van der Waals surface area contributed by atoms with Gasteiger partial charge in [-0.1, -0.05) is 12.1 Å². The van der Waals surface area contributed by atoms with E-state index in [9.17, 15) is 4.79 Å². The van der Waals surface area contributed by atoms with Gasteiger partial charge in [0.05, 0.1) is 5.69 Å². The fraction of sp³-hybridized carbons (Fsp3) is 0.263. The van der Waals surface area contributed by atoms with Crippen molar-refractivity contribution >= 4 is 11.6 Å². The molecule has 2 aromatic heterocycles. The molecule has 0 unspecified atom stereocenters. The Kier molecular flexibility index (Phi) is 4.01. The minimum Gasteiger partial charge on any atom is -0.454 e. The Morgan fingerprint density at radius 3 is 3.04 bits per heavy atom. The number of hydrogen-bond donors (Lipinski definition) is 1. The van der Waals surface area contributed by atoms with Crippen LogP contribution in [0.3, 0.4) is 0 Å². The van der Waals surface area contributed by atoms with E-state index in [1.54, 1.807) is 0 Å². The van der Waals surface area contributed by atoms with Crippen LogP contribution in [0.4, 0.5) is 0 Å². The van der Waals surface area contributed by atoms with Crippen LogP contribution in [0.25, 0.3) is 5.65 Å². The number of aromatic nitrogens is 2. The average molecular weight is 337 g/mol. The van der Waals surface area contributed by atoms with E-state index in [0.29, 0.717) is 19.4 Å². The Morgan fingerprint density at radius 1 is 1.24 bits per heavy atom. The first-order valence-electron chi connectivity index (χ1n) is 8.28. The number of nitrogens with one attached hydrogen (secondary N) is 1. The fourth-order valence-electron chi connectivity index (χ4n) is 3.04. The van der Waals surface area contributed by atoms with Gasteiger partial charge in [-0.3, -0.25) is 4.79 Å². The number of aryl methyl sites for hydroxylation is 2. The van der Waals surface area contributed by atoms with Crippen molar-refractivity contribution in [3.63, 3.8) is 0 Å². The quantitative estimate of drug-likeness (QED) is 0.777. The lowest BCUT2D eigenvalue weighted by molar-refractivity contribution is -0.121. The molecule has 1 aromatic carbocycles. The monoisotopic (exact) mass is 337 g/mol. The van der Waals surface area contributed by atoms with Crippen molar-refractivity contribution in [1.29, 1.82) is 0 Å². The number of carbonyl (C=O) groups excluding carboxylic acids is 1. The molecule has 6 heteroatoms. The lowest BCUT2D eigenvalue weighted by atomic mass is 10.1. The van der Waals surface area contributed by atoms with Gasteiger partial charge in [-0.2, -0.15) is 0 Å². The van der Waals surface area contributed by atoms with Crippen LogP contribution in [-0.2, 0) is 17.8 Å². The van der Waals surface area contributed by atoms with E-state index < -0.39 is 0 Å². The van der Waals surface area contributed by atoms with Crippen molar-refractivity contribution in [2.45, 2.75) is 26.3 Å². The van der Waals surface area contributed by atoms with Crippen LogP contribution in [0, 0.1) is 6.92 Å². The highest BCUT2D eigenvalue weighted by Crippen LogP contribution is 2.32. The fourth-order valence-corrected chi connectivity index (χ4v) is 3.04. The highest BCUT2D eigenvalue weighted by molar-refractivity contribution is 5.76. The van der Waals surface area contributed by atoms with Gasteiger partial charge < -0.3 is 19.2 Å². The van der Waals surface area contributed by atoms with E-state index in [-0.39, 0.29) is 12.7 Å². The lowest BCUT2D eigenvalue weighted by Gasteiger charge is -2.07. The molecule has 0 radical (unpaired) electrons. The standard InChI is InChI=1S/C19H19N3O3/c1-13-15(22-9-3-2-4-18(22)21-13)6-8-19(23)20-11-14-5-7-16-17(10-14)25-12-24-16/h2-5,7,9-10H,6,8,11-12H2,1H3,(H,20,23). The molecule has 0 spiro atoms. The van der Waals surface area contributed by atoms with Gasteiger partial charge in [0.2, 0.25) is 12.7 Å². The lowest BCUT2D eigenvalue weighted by Crippen LogP contribution is -2.23. The summed E-state index contributed by atoms with van der Waals surface area (Å²) >= 11 is 0. The molecule has 0 saturated heterocycles. The zero-order valence-electron chi connectivity index (χ0n) is 14.0. The molecule has 1 aliphatic rings. The van der Waals surface area contributed by atoms with Gasteiger partial charge in [0, 0.05) is 24.9 Å². The van der Waals surface area contributed by atoms with E-state index in [1.807, 2.05) is 53.9 Å². The smallest absolute Gasteiger partial charge is 0.231 e. The molecule has 1 N–H and O–H groups in total. The van der Waals surface area contributed by atoms with Gasteiger partial charge in [-0.15, -0.1) is 0 Å². The topological polar surface area (TPSA) is 64.9 Å². The molecule has 1 amide bonds. The second kappa shape index (κ2) is 6.47. The summed E-state index contributed by atoms with van der Waals surface area (Å²) in [6.07, 6.45) is 3.06. The Hall–Kier alpha value is -3.02. The van der Waals surface area contributed by atoms with Crippen molar-refractivity contribution in [2.24, 2.45) is 0 Å². The maximum Gasteiger partial charge on any atom is 0.231 e. The van der Waals surface area contributed by atoms with Gasteiger partial charge in [-0.05, 0) is 43.2 Å². The average Bonchev–Trinajstić information content (AvgIpc) is 3.21. The molecular weight excluding hydrogens is 318 g/mol. The molecule has 0 bridgehead atoms. The molecular formula is C19H19N3O3. The molecule has 0 fully saturated rings. The third kappa shape index (κ3) is 3.15. The van der Waals surface area contributed by atoms with E-state index in [4.69, 9.17) is 9.47 Å². The van der Waals surface area contributed by atoms with Crippen LogP contribution in [0.15, 0.2) is 42.6 Å². The maximum absolute atomic E-state index is 12.2. The summed E-state index contributed by atoms with van der Waals surface area (Å²) < 4.78 is 12.7. The molecule has 3 heterocycles. The number of ether oxygens (including phenoxy) is 2. The van der Waals surface area contributed by atoms with E-state index >= 15 is 0 Å². The first-order valence-corrected chi connectivity index (χ1v) is 8.28. The Morgan fingerprint density at radius 2 is 2.12 bits per heavy atom. The van der Waals surface area contributed by atoms with Crippen LogP contribution < -0.4 is 14.8 Å². The first-order chi connectivity index (χ1) is 12.2. The second-order valence-electron chi connectivity index (χ2n) is 6.04. The second-order valence-corrected chi connectivity index (χ2v) is 6.04. The van der Waals surface area contributed by atoms with Gasteiger partial charge in [-0.25, -0.2) is 4.98 Å². The molecule has 4 rings (SSSR count). The summed E-state index contributed by atoms with van der Waals surface area (Å²) in [5.41, 5.74) is 3.95. The van der Waals surface area contributed by atoms with Crippen molar-refractivity contribution in [3.05, 3.63) is 59.5 Å². The summed E-state index contributed by atoms with van der Waals surface area (Å²) in [4.78, 5) is 16.7. The zero-order valence-corrected chi connectivity index (χ0v) is 14.0. The van der Waals surface area contributed by atoms with E-state index in [0.717, 1.165) is 34.1 Å². The van der Waals surface area contributed by atoms with E-state index in [1.165, 1.54) is 0 Å². The number of imidazole rings is 1. The summed E-state index contributed by atoms with van der Waals surface area (Å²) in [6.45, 7) is 2.71. The Labute approximate surface area is 145 Å². The number of hydrogen-bond acceptors (Lipinski definition) is 4. The van der Waals surface area contributed by atoms with Crippen LogP contribution >= 0.6 is 0 Å². The van der Waals surface area contributed by atoms with Crippen LogP contribution in [0.1, 0.15) is 23.4 Å². The minimum atomic E-state index is 0.0166. The molecule has 128 valence electrons. The Balaban J connectivity index is 1.35. The minimum absolute atomic E-state index is 0.0166. The van der Waals surface area contributed by atoms with Gasteiger partial charge >= 0.3 is 0 Å². The van der Waals surface area contributed by atoms with Crippen molar-refractivity contribution in [3.8, 4) is 11.5 Å². The molecule has 1 aliphatic heterocycles. The third-order valence-corrected chi connectivity index (χ3v) is 4.34. The van der Waals surface area contributed by atoms with Gasteiger partial charge in [0.25, 0.3) is 0 Å². The zero-order chi connectivity index (χ0) is 17.2. The molecule has 0 aliphatic carbocycles. The number of carbonyl (C=O) groups is 1. The highest BCUT2D eigenvalue weighted by atomic mass is 16.7. The number of amides is 1. The third-order valence-electron chi connectivity index (χ3n) is 4.34. The molecule has 6 nitrogen and oxygen atoms in total. The predicted octanol–water partition coefficient (Wildman–Crippen LogP) is 2.62. The van der Waals surface area contributed by atoms with Crippen LogP contribution in [-0.4, -0.2) is 22.1 Å². The highest BCUT2D eigenvalue weighted by Gasteiger charge is 2.14. The number of pyridine rings is 1. The maximum atomic E-state index is 12.2. The molecule has 25 heavy (non-hydrogen) atoms. The molecule has 0 atom stereocenters. The first kappa shape index (κ1) is 15.5. The number of nitrogens with zero attached hydrogens (tertiary/aromatic N) is 2. The van der Waals surface area contributed by atoms with Crippen molar-refractivity contribution < 1.29 is 14.3 Å². The molecule has 0 saturated carbocycles. The normalized spacial score (nSPS) is 12.5. The summed E-state index contributed by atoms with van der Waals surface area (Å²) in [7, 11) is 0. The molecule has 3 aromatic rings. The van der Waals surface area contributed by atoms with Crippen LogP contribution in [0.2, 0.25) is 0 Å². The SMILES string of the molecule is Cc1nc2ccccn2c1CCC(=O)NCc1ccc2c(c1)OCO2. The summed E-state index contributed by atoms with van der Waals surface area (Å²) in [6, 6.07) is 11.6. The number of benzene rings is 1. The van der Waals surface area contributed by atoms with Gasteiger partial charge in [0.15, 0.2) is 11.5 Å². The largest absolute Gasteiger partial charge is 0.454 e. The van der Waals surface area contributed by atoms with Gasteiger partial charge in [0.1, 0.15) is 5.65 Å². The summed E-state index contributed by atoms with van der Waals surface area (Å²) in [5.74, 6) is 1.49. The number of rotatable bonds is 5. The van der Waals surface area contributed by atoms with Crippen molar-refractivity contribution in [1.82, 2.24) is 14.7 Å². The predicted molar refractivity (Wildman–Crippen MR) is 92.7 cm³/mol. The number of fused-ring (bicyclic) bond motifs is 2. The summed E-state index contributed by atoms with van der Waals surface area (Å²) in [5, 5.41) is 2.96. The van der Waals surface area contributed by atoms with E-state index in [2.05, 4.69) is 10.3 Å². The Bertz CT molecular complexity index is 933. The van der Waals surface area contributed by atoms with Crippen molar-refractivity contribution in [2.75, 3.05) is 6.79 Å². The van der Waals surface area contributed by atoms with Crippen LogP contribution in [0.5, 0.6) is 11.5 Å².